The number of rotatable bonds is 5. The first-order chi connectivity index (χ1) is 6.83. The first kappa shape index (κ1) is 10.8. The molecule has 0 aliphatic heterocycles. The SMILES string of the molecule is CCCCOC=Cc1ccc(C)cc1. The van der Waals surface area contributed by atoms with Gasteiger partial charge in [0.15, 0.2) is 0 Å². The van der Waals surface area contributed by atoms with Gasteiger partial charge >= 0.3 is 0 Å². The quantitative estimate of drug-likeness (QED) is 0.507. The van der Waals surface area contributed by atoms with E-state index in [0.29, 0.717) is 0 Å². The van der Waals surface area contributed by atoms with Crippen LogP contribution in [-0.4, -0.2) is 6.61 Å². The fourth-order valence-electron chi connectivity index (χ4n) is 1.10. The molecule has 1 nitrogen and oxygen atoms in total. The van der Waals surface area contributed by atoms with Crippen molar-refractivity contribution in [1.82, 2.24) is 0 Å². The molecule has 14 heavy (non-hydrogen) atoms. The highest BCUT2D eigenvalue weighted by atomic mass is 16.5. The van der Waals surface area contributed by atoms with Crippen LogP contribution in [0.3, 0.4) is 0 Å². The lowest BCUT2D eigenvalue weighted by molar-refractivity contribution is 0.246. The van der Waals surface area contributed by atoms with Crippen LogP contribution in [0.5, 0.6) is 0 Å². The fourth-order valence-corrected chi connectivity index (χ4v) is 1.10. The van der Waals surface area contributed by atoms with Crippen LogP contribution in [0.15, 0.2) is 30.5 Å². The molecule has 0 amide bonds. The Morgan fingerprint density at radius 3 is 2.57 bits per heavy atom. The molecule has 0 unspecified atom stereocenters. The van der Waals surface area contributed by atoms with Gasteiger partial charge < -0.3 is 4.74 Å². The lowest BCUT2D eigenvalue weighted by atomic mass is 10.1. The Hall–Kier alpha value is -1.24. The Labute approximate surface area is 86.4 Å². The number of benzene rings is 1. The second kappa shape index (κ2) is 6.25. The van der Waals surface area contributed by atoms with Gasteiger partial charge in [-0.15, -0.1) is 0 Å². The summed E-state index contributed by atoms with van der Waals surface area (Å²) in [6.07, 6.45) is 6.08. The van der Waals surface area contributed by atoms with Gasteiger partial charge in [0, 0.05) is 0 Å². The standard InChI is InChI=1S/C13H18O/c1-3-4-10-14-11-9-13-7-5-12(2)6-8-13/h5-9,11H,3-4,10H2,1-2H3. The number of ether oxygens (including phenoxy) is 1. The Morgan fingerprint density at radius 2 is 1.93 bits per heavy atom. The smallest absolute Gasteiger partial charge is 0.0873 e. The molecular weight excluding hydrogens is 172 g/mol. The summed E-state index contributed by atoms with van der Waals surface area (Å²) in [7, 11) is 0. The van der Waals surface area contributed by atoms with Gasteiger partial charge in [-0.05, 0) is 25.0 Å². The maximum absolute atomic E-state index is 5.33. The van der Waals surface area contributed by atoms with E-state index in [1.807, 2.05) is 6.08 Å². The highest BCUT2D eigenvalue weighted by molar-refractivity contribution is 5.48. The van der Waals surface area contributed by atoms with Gasteiger partial charge in [-0.3, -0.25) is 0 Å². The third-order valence-corrected chi connectivity index (χ3v) is 2.05. The molecule has 0 spiro atoms. The molecule has 1 heteroatoms. The largest absolute Gasteiger partial charge is 0.501 e. The van der Waals surface area contributed by atoms with Crippen molar-refractivity contribution in [2.45, 2.75) is 26.7 Å². The molecule has 0 radical (unpaired) electrons. The number of aryl methyl sites for hydroxylation is 1. The first-order valence-corrected chi connectivity index (χ1v) is 5.17. The van der Waals surface area contributed by atoms with E-state index in [4.69, 9.17) is 4.74 Å². The molecule has 0 fully saturated rings. The maximum atomic E-state index is 5.33. The molecule has 0 atom stereocenters. The predicted molar refractivity (Wildman–Crippen MR) is 61.1 cm³/mol. The molecular formula is C13H18O. The molecule has 0 N–H and O–H groups in total. The maximum Gasteiger partial charge on any atom is 0.0873 e. The summed E-state index contributed by atoms with van der Waals surface area (Å²) in [5.74, 6) is 0. The highest BCUT2D eigenvalue weighted by Gasteiger charge is 1.86. The predicted octanol–water partition coefficient (Wildman–Crippen LogP) is 3.78. The Morgan fingerprint density at radius 1 is 1.21 bits per heavy atom. The van der Waals surface area contributed by atoms with Gasteiger partial charge in [0.05, 0.1) is 12.9 Å². The van der Waals surface area contributed by atoms with Crippen LogP contribution in [0.25, 0.3) is 6.08 Å². The summed E-state index contributed by atoms with van der Waals surface area (Å²) in [6, 6.07) is 8.39. The third-order valence-electron chi connectivity index (χ3n) is 2.05. The van der Waals surface area contributed by atoms with Crippen LogP contribution >= 0.6 is 0 Å². The minimum Gasteiger partial charge on any atom is -0.501 e. The average Bonchev–Trinajstić information content (AvgIpc) is 2.21. The van der Waals surface area contributed by atoms with Crippen LogP contribution in [0.4, 0.5) is 0 Å². The van der Waals surface area contributed by atoms with Gasteiger partial charge in [-0.25, -0.2) is 0 Å². The zero-order chi connectivity index (χ0) is 10.2. The van der Waals surface area contributed by atoms with Crippen molar-refractivity contribution in [2.75, 3.05) is 6.61 Å². The van der Waals surface area contributed by atoms with Crippen molar-refractivity contribution in [2.24, 2.45) is 0 Å². The average molecular weight is 190 g/mol. The zero-order valence-electron chi connectivity index (χ0n) is 8.99. The van der Waals surface area contributed by atoms with Crippen molar-refractivity contribution in [3.63, 3.8) is 0 Å². The highest BCUT2D eigenvalue weighted by Crippen LogP contribution is 2.05. The second-order valence-corrected chi connectivity index (χ2v) is 3.44. The van der Waals surface area contributed by atoms with Crippen LogP contribution in [-0.2, 0) is 4.74 Å². The molecule has 1 aromatic rings. The van der Waals surface area contributed by atoms with Crippen molar-refractivity contribution in [3.8, 4) is 0 Å². The van der Waals surface area contributed by atoms with E-state index in [1.54, 1.807) is 6.26 Å². The van der Waals surface area contributed by atoms with Gasteiger partial charge in [0.2, 0.25) is 0 Å². The second-order valence-electron chi connectivity index (χ2n) is 3.44. The topological polar surface area (TPSA) is 9.23 Å². The van der Waals surface area contributed by atoms with Crippen molar-refractivity contribution >= 4 is 6.08 Å². The van der Waals surface area contributed by atoms with Crippen LogP contribution in [0, 0.1) is 6.92 Å². The van der Waals surface area contributed by atoms with Crippen molar-refractivity contribution in [3.05, 3.63) is 41.7 Å². The number of hydrogen-bond acceptors (Lipinski definition) is 1. The van der Waals surface area contributed by atoms with Gasteiger partial charge in [0.25, 0.3) is 0 Å². The van der Waals surface area contributed by atoms with E-state index in [9.17, 15) is 0 Å². The number of hydrogen-bond donors (Lipinski definition) is 0. The molecule has 0 bridgehead atoms. The van der Waals surface area contributed by atoms with E-state index in [-0.39, 0.29) is 0 Å². The summed E-state index contributed by atoms with van der Waals surface area (Å²) in [6.45, 7) is 5.07. The Bertz CT molecular complexity index is 272. The van der Waals surface area contributed by atoms with Crippen LogP contribution in [0.2, 0.25) is 0 Å². The van der Waals surface area contributed by atoms with Gasteiger partial charge in [-0.1, -0.05) is 43.2 Å². The molecule has 0 saturated heterocycles. The monoisotopic (exact) mass is 190 g/mol. The lowest BCUT2D eigenvalue weighted by Gasteiger charge is -1.98. The van der Waals surface area contributed by atoms with Gasteiger partial charge in [-0.2, -0.15) is 0 Å². The zero-order valence-corrected chi connectivity index (χ0v) is 8.99. The summed E-state index contributed by atoms with van der Waals surface area (Å²) in [4.78, 5) is 0. The summed E-state index contributed by atoms with van der Waals surface area (Å²) in [5.41, 5.74) is 2.47. The first-order valence-electron chi connectivity index (χ1n) is 5.17. The third kappa shape index (κ3) is 4.13. The van der Waals surface area contributed by atoms with E-state index >= 15 is 0 Å². The Balaban J connectivity index is 2.33. The fraction of sp³-hybridized carbons (Fsp3) is 0.385. The van der Waals surface area contributed by atoms with Crippen LogP contribution < -0.4 is 0 Å². The minimum absolute atomic E-state index is 0.818. The minimum atomic E-state index is 0.818. The van der Waals surface area contributed by atoms with Crippen LogP contribution in [0.1, 0.15) is 30.9 Å². The summed E-state index contributed by atoms with van der Waals surface area (Å²) < 4.78 is 5.33. The molecule has 0 aromatic heterocycles. The summed E-state index contributed by atoms with van der Waals surface area (Å²) in [5, 5.41) is 0. The molecule has 1 aromatic carbocycles. The van der Waals surface area contributed by atoms with E-state index in [0.717, 1.165) is 13.0 Å². The van der Waals surface area contributed by atoms with Crippen molar-refractivity contribution in [1.29, 1.82) is 0 Å². The normalized spacial score (nSPS) is 10.7. The number of unbranched alkanes of at least 4 members (excludes halogenated alkanes) is 1. The molecule has 0 aliphatic rings. The Kier molecular flexibility index (Phi) is 4.84. The van der Waals surface area contributed by atoms with E-state index in [1.165, 1.54) is 17.5 Å². The summed E-state index contributed by atoms with van der Waals surface area (Å²) >= 11 is 0. The van der Waals surface area contributed by atoms with Crippen molar-refractivity contribution < 1.29 is 4.74 Å². The molecule has 1 rings (SSSR count). The molecule has 0 aliphatic carbocycles. The van der Waals surface area contributed by atoms with Gasteiger partial charge in [0.1, 0.15) is 0 Å². The van der Waals surface area contributed by atoms with E-state index < -0.39 is 0 Å². The lowest BCUT2D eigenvalue weighted by Crippen LogP contribution is -1.84. The molecule has 76 valence electrons. The molecule has 0 saturated carbocycles. The molecule has 0 heterocycles. The van der Waals surface area contributed by atoms with E-state index in [2.05, 4.69) is 38.1 Å².